The number of hydrogen-bond donors (Lipinski definition) is 0. The van der Waals surface area contributed by atoms with E-state index in [-0.39, 0.29) is 44.1 Å². The summed E-state index contributed by atoms with van der Waals surface area (Å²) in [5, 5.41) is 0. The average molecular weight is 362 g/mol. The van der Waals surface area contributed by atoms with Gasteiger partial charge < -0.3 is 22.9 Å². The van der Waals surface area contributed by atoms with Gasteiger partial charge in [-0.2, -0.15) is 0 Å². The number of carbonyl (C=O) groups excluding carboxylic acids is 2. The Labute approximate surface area is 140 Å². The van der Waals surface area contributed by atoms with Gasteiger partial charge in [-0.05, 0) is 26.8 Å². The van der Waals surface area contributed by atoms with Crippen LogP contribution in [0.2, 0.25) is 0 Å². The normalized spacial score (nSPS) is 11.3. The van der Waals surface area contributed by atoms with E-state index in [1.165, 1.54) is 13.0 Å². The third kappa shape index (κ3) is 6.11. The average Bonchev–Trinajstić information content (AvgIpc) is 2.88. The van der Waals surface area contributed by atoms with Gasteiger partial charge in [0.2, 0.25) is 5.76 Å². The lowest BCUT2D eigenvalue weighted by molar-refractivity contribution is -0.142. The molecule has 0 spiro atoms. The fraction of sp³-hybridized carbons (Fsp3) is 0.600. The number of hydrogen-bond acceptors (Lipinski definition) is 8. The zero-order valence-corrected chi connectivity index (χ0v) is 15.2. The smallest absolute Gasteiger partial charge is 0.374 e. The molecule has 1 aromatic rings. The van der Waals surface area contributed by atoms with Crippen LogP contribution in [-0.2, 0) is 40.6 Å². The SMILES string of the molecule is CCOC(=O)c1cc(CP(=O)(OCC)OCC)c(COC(C)=O)o1. The molecule has 24 heavy (non-hydrogen) atoms. The Morgan fingerprint density at radius 2 is 1.71 bits per heavy atom. The lowest BCUT2D eigenvalue weighted by Crippen LogP contribution is -2.03. The minimum Gasteiger partial charge on any atom is -0.460 e. The number of rotatable bonds is 10. The number of ether oxygens (including phenoxy) is 2. The maximum atomic E-state index is 12.7. The molecule has 1 heterocycles. The first kappa shape index (κ1) is 20.4. The molecule has 8 nitrogen and oxygen atoms in total. The minimum atomic E-state index is -3.40. The molecule has 0 aromatic carbocycles. The zero-order chi connectivity index (χ0) is 18.2. The molecule has 0 amide bonds. The molecule has 0 bridgehead atoms. The monoisotopic (exact) mass is 362 g/mol. The Kier molecular flexibility index (Phi) is 8.18. The minimum absolute atomic E-state index is 0.0615. The van der Waals surface area contributed by atoms with Crippen LogP contribution in [0.15, 0.2) is 10.5 Å². The van der Waals surface area contributed by atoms with Crippen molar-refractivity contribution in [1.82, 2.24) is 0 Å². The molecule has 0 atom stereocenters. The van der Waals surface area contributed by atoms with E-state index in [0.29, 0.717) is 5.56 Å². The van der Waals surface area contributed by atoms with Crippen molar-refractivity contribution in [2.45, 2.75) is 40.5 Å². The van der Waals surface area contributed by atoms with Gasteiger partial charge in [-0.3, -0.25) is 9.36 Å². The summed E-state index contributed by atoms with van der Waals surface area (Å²) in [6.45, 7) is 6.72. The van der Waals surface area contributed by atoms with Gasteiger partial charge >= 0.3 is 19.5 Å². The summed E-state index contributed by atoms with van der Waals surface area (Å²) in [5.41, 5.74) is 0.407. The van der Waals surface area contributed by atoms with Gasteiger partial charge in [0.1, 0.15) is 12.4 Å². The van der Waals surface area contributed by atoms with E-state index in [9.17, 15) is 14.2 Å². The molecule has 0 aliphatic carbocycles. The lowest BCUT2D eigenvalue weighted by atomic mass is 10.2. The lowest BCUT2D eigenvalue weighted by Gasteiger charge is -2.16. The van der Waals surface area contributed by atoms with Gasteiger partial charge in [0, 0.05) is 12.5 Å². The van der Waals surface area contributed by atoms with Crippen LogP contribution in [0.5, 0.6) is 0 Å². The van der Waals surface area contributed by atoms with Crippen molar-refractivity contribution in [3.63, 3.8) is 0 Å². The fourth-order valence-electron chi connectivity index (χ4n) is 1.92. The van der Waals surface area contributed by atoms with Gasteiger partial charge in [-0.1, -0.05) is 0 Å². The topological polar surface area (TPSA) is 101 Å². The van der Waals surface area contributed by atoms with Crippen molar-refractivity contribution in [2.24, 2.45) is 0 Å². The molecule has 1 aromatic heterocycles. The number of furan rings is 1. The molecule has 0 saturated heterocycles. The highest BCUT2D eigenvalue weighted by molar-refractivity contribution is 7.53. The second-order valence-corrected chi connectivity index (χ2v) is 6.72. The van der Waals surface area contributed by atoms with Gasteiger partial charge in [-0.15, -0.1) is 0 Å². The standard InChI is InChI=1S/C15H23O8P/c1-5-19-15(17)13-8-12(14(23-13)9-20-11(4)16)10-24(18,21-6-2)22-7-3/h8H,5-7,9-10H2,1-4H3. The highest BCUT2D eigenvalue weighted by Gasteiger charge is 2.29. The molecule has 1 rings (SSSR count). The molecule has 9 heteroatoms. The van der Waals surface area contributed by atoms with Crippen molar-refractivity contribution in [3.8, 4) is 0 Å². The quantitative estimate of drug-likeness (QED) is 0.462. The van der Waals surface area contributed by atoms with Crippen molar-refractivity contribution in [1.29, 1.82) is 0 Å². The van der Waals surface area contributed by atoms with Crippen LogP contribution in [0.25, 0.3) is 0 Å². The van der Waals surface area contributed by atoms with Gasteiger partial charge in [0.05, 0.1) is 26.0 Å². The van der Waals surface area contributed by atoms with Crippen LogP contribution < -0.4 is 0 Å². The fourth-order valence-corrected chi connectivity index (χ4v) is 3.65. The van der Waals surface area contributed by atoms with Crippen LogP contribution in [0.4, 0.5) is 0 Å². The summed E-state index contributed by atoms with van der Waals surface area (Å²) >= 11 is 0. The van der Waals surface area contributed by atoms with Gasteiger partial charge in [0.15, 0.2) is 0 Å². The van der Waals surface area contributed by atoms with E-state index >= 15 is 0 Å². The Bertz CT molecular complexity index is 597. The number of carbonyl (C=O) groups is 2. The van der Waals surface area contributed by atoms with Crippen LogP contribution in [-0.4, -0.2) is 31.8 Å². The van der Waals surface area contributed by atoms with Crippen LogP contribution >= 0.6 is 7.60 Å². The van der Waals surface area contributed by atoms with Gasteiger partial charge in [0.25, 0.3) is 0 Å². The second kappa shape index (κ2) is 9.61. The summed E-state index contributed by atoms with van der Waals surface area (Å²) in [5.74, 6) is -1.02. The van der Waals surface area contributed by atoms with Crippen LogP contribution in [0, 0.1) is 0 Å². The molecule has 136 valence electrons. The molecular weight excluding hydrogens is 339 g/mol. The molecule has 0 unspecified atom stereocenters. The molecule has 0 aliphatic heterocycles. The molecule has 0 N–H and O–H groups in total. The molecular formula is C15H23O8P. The first-order valence-electron chi connectivity index (χ1n) is 7.65. The summed E-state index contributed by atoms with van der Waals surface area (Å²) in [4.78, 5) is 22.8. The van der Waals surface area contributed by atoms with Crippen molar-refractivity contribution in [3.05, 3.63) is 23.2 Å². The maximum Gasteiger partial charge on any atom is 0.374 e. The van der Waals surface area contributed by atoms with Crippen molar-refractivity contribution in [2.75, 3.05) is 19.8 Å². The highest BCUT2D eigenvalue weighted by atomic mass is 31.2. The van der Waals surface area contributed by atoms with Crippen LogP contribution in [0.3, 0.4) is 0 Å². The van der Waals surface area contributed by atoms with E-state index in [2.05, 4.69) is 0 Å². The van der Waals surface area contributed by atoms with E-state index in [1.807, 2.05) is 0 Å². The van der Waals surface area contributed by atoms with E-state index in [4.69, 9.17) is 22.9 Å². The second-order valence-electron chi connectivity index (χ2n) is 4.66. The first-order chi connectivity index (χ1) is 11.3. The summed E-state index contributed by atoms with van der Waals surface area (Å²) in [7, 11) is -3.40. The summed E-state index contributed by atoms with van der Waals surface area (Å²) in [6, 6.07) is 1.40. The largest absolute Gasteiger partial charge is 0.460 e. The zero-order valence-electron chi connectivity index (χ0n) is 14.3. The van der Waals surface area contributed by atoms with E-state index < -0.39 is 19.5 Å². The molecule has 0 radical (unpaired) electrons. The Morgan fingerprint density at radius 3 is 2.21 bits per heavy atom. The maximum absolute atomic E-state index is 12.7. The predicted molar refractivity (Wildman–Crippen MR) is 84.7 cm³/mol. The van der Waals surface area contributed by atoms with E-state index in [0.717, 1.165) is 0 Å². The predicted octanol–water partition coefficient (Wildman–Crippen LogP) is 3.29. The Balaban J connectivity index is 3.09. The molecule has 0 fully saturated rings. The Morgan fingerprint density at radius 1 is 1.08 bits per heavy atom. The summed E-state index contributed by atoms with van der Waals surface area (Å²) in [6.07, 6.45) is -0.103. The third-order valence-corrected chi connectivity index (χ3v) is 4.83. The van der Waals surface area contributed by atoms with Crippen LogP contribution in [0.1, 0.15) is 49.6 Å². The van der Waals surface area contributed by atoms with Gasteiger partial charge in [-0.25, -0.2) is 4.79 Å². The molecule has 0 aliphatic rings. The molecule has 0 saturated carbocycles. The van der Waals surface area contributed by atoms with Crippen molar-refractivity contribution >= 4 is 19.5 Å². The van der Waals surface area contributed by atoms with Crippen molar-refractivity contribution < 1.29 is 37.1 Å². The first-order valence-corrected chi connectivity index (χ1v) is 9.38. The number of esters is 2. The third-order valence-electron chi connectivity index (χ3n) is 2.80. The Hall–Kier alpha value is -1.63. The summed E-state index contributed by atoms with van der Waals surface area (Å²) < 4.78 is 38.3. The highest BCUT2D eigenvalue weighted by Crippen LogP contribution is 2.52. The van der Waals surface area contributed by atoms with E-state index in [1.54, 1.807) is 20.8 Å².